The Hall–Kier alpha value is -0.340. The summed E-state index contributed by atoms with van der Waals surface area (Å²) in [5.41, 5.74) is 0. The van der Waals surface area contributed by atoms with Crippen molar-refractivity contribution < 1.29 is 9.47 Å². The van der Waals surface area contributed by atoms with E-state index in [0.717, 1.165) is 6.61 Å². The molecule has 0 heterocycles. The fourth-order valence-corrected chi connectivity index (χ4v) is 0.512. The van der Waals surface area contributed by atoms with E-state index in [1.807, 2.05) is 26.0 Å². The van der Waals surface area contributed by atoms with Gasteiger partial charge >= 0.3 is 0 Å². The summed E-state index contributed by atoms with van der Waals surface area (Å²) in [5, 5.41) is 0. The summed E-state index contributed by atoms with van der Waals surface area (Å²) in [5.74, 6) is 0. The molecule has 60 valence electrons. The summed E-state index contributed by atoms with van der Waals surface area (Å²) < 4.78 is 10.1. The van der Waals surface area contributed by atoms with Gasteiger partial charge in [-0.2, -0.15) is 0 Å². The first-order valence-corrected chi connectivity index (χ1v) is 3.58. The highest BCUT2D eigenvalue weighted by atomic mass is 16.5. The molecule has 0 aliphatic heterocycles. The zero-order valence-electron chi connectivity index (χ0n) is 6.96. The van der Waals surface area contributed by atoms with Crippen LogP contribution in [-0.4, -0.2) is 26.4 Å². The minimum Gasteiger partial charge on any atom is -0.378 e. The van der Waals surface area contributed by atoms with E-state index in [2.05, 4.69) is 0 Å². The third-order valence-corrected chi connectivity index (χ3v) is 1.20. The molecule has 0 radical (unpaired) electrons. The van der Waals surface area contributed by atoms with Crippen molar-refractivity contribution in [2.45, 2.75) is 20.0 Å². The maximum Gasteiger partial charge on any atom is 0.0724 e. The quantitative estimate of drug-likeness (QED) is 0.431. The maximum absolute atomic E-state index is 5.09. The summed E-state index contributed by atoms with van der Waals surface area (Å²) in [4.78, 5) is 0. The van der Waals surface area contributed by atoms with Crippen molar-refractivity contribution in [3.63, 3.8) is 0 Å². The van der Waals surface area contributed by atoms with Gasteiger partial charge in [0.05, 0.1) is 12.7 Å². The van der Waals surface area contributed by atoms with Crippen molar-refractivity contribution in [1.29, 1.82) is 0 Å². The second-order valence-electron chi connectivity index (χ2n) is 2.03. The average Bonchev–Trinajstić information content (AvgIpc) is 1.98. The van der Waals surface area contributed by atoms with Gasteiger partial charge in [-0.05, 0) is 13.8 Å². The van der Waals surface area contributed by atoms with Gasteiger partial charge in [-0.1, -0.05) is 12.2 Å². The smallest absolute Gasteiger partial charge is 0.0724 e. The molecule has 0 bridgehead atoms. The molecule has 0 aromatic heterocycles. The lowest BCUT2D eigenvalue weighted by Gasteiger charge is -2.00. The molecule has 0 aliphatic rings. The van der Waals surface area contributed by atoms with Crippen LogP contribution >= 0.6 is 0 Å². The van der Waals surface area contributed by atoms with Crippen LogP contribution in [0.1, 0.15) is 13.8 Å². The number of ether oxygens (including phenoxy) is 2. The number of methoxy groups -OCH3 is 1. The molecule has 1 unspecified atom stereocenters. The molecule has 0 saturated carbocycles. The molecule has 10 heavy (non-hydrogen) atoms. The highest BCUT2D eigenvalue weighted by molar-refractivity contribution is 4.86. The van der Waals surface area contributed by atoms with Gasteiger partial charge in [0, 0.05) is 13.7 Å². The zero-order valence-corrected chi connectivity index (χ0v) is 6.96. The van der Waals surface area contributed by atoms with E-state index < -0.39 is 0 Å². The number of rotatable bonds is 5. The van der Waals surface area contributed by atoms with Gasteiger partial charge in [0.25, 0.3) is 0 Å². The monoisotopic (exact) mass is 144 g/mol. The molecule has 2 nitrogen and oxygen atoms in total. The average molecular weight is 144 g/mol. The van der Waals surface area contributed by atoms with Crippen LogP contribution in [0.2, 0.25) is 0 Å². The van der Waals surface area contributed by atoms with Gasteiger partial charge in [0.15, 0.2) is 0 Å². The predicted octanol–water partition coefficient (Wildman–Crippen LogP) is 1.61. The van der Waals surface area contributed by atoms with E-state index in [1.165, 1.54) is 0 Å². The Morgan fingerprint density at radius 3 is 2.70 bits per heavy atom. The predicted molar refractivity (Wildman–Crippen MR) is 42.1 cm³/mol. The standard InChI is InChI=1S/C8H16O2/c1-4-10-7-5-6-8(2)9-3/h5-6,8H,4,7H2,1-3H3. The molecule has 0 spiro atoms. The van der Waals surface area contributed by atoms with Gasteiger partial charge < -0.3 is 9.47 Å². The Morgan fingerprint density at radius 2 is 2.20 bits per heavy atom. The molecule has 0 aliphatic carbocycles. The Morgan fingerprint density at radius 1 is 1.50 bits per heavy atom. The summed E-state index contributed by atoms with van der Waals surface area (Å²) in [7, 11) is 1.69. The van der Waals surface area contributed by atoms with Crippen molar-refractivity contribution >= 4 is 0 Å². The first-order valence-electron chi connectivity index (χ1n) is 3.58. The van der Waals surface area contributed by atoms with Gasteiger partial charge in [-0.15, -0.1) is 0 Å². The Labute approximate surface area is 62.8 Å². The van der Waals surface area contributed by atoms with Crippen LogP contribution in [0.15, 0.2) is 12.2 Å². The summed E-state index contributed by atoms with van der Waals surface area (Å²) in [6, 6.07) is 0. The second-order valence-corrected chi connectivity index (χ2v) is 2.03. The highest BCUT2D eigenvalue weighted by Gasteiger charge is 1.88. The molecule has 0 aromatic carbocycles. The first-order chi connectivity index (χ1) is 4.81. The largest absolute Gasteiger partial charge is 0.378 e. The second kappa shape index (κ2) is 6.78. The lowest BCUT2D eigenvalue weighted by molar-refractivity contribution is 0.152. The van der Waals surface area contributed by atoms with E-state index in [1.54, 1.807) is 7.11 Å². The van der Waals surface area contributed by atoms with E-state index in [0.29, 0.717) is 6.61 Å². The fourth-order valence-electron chi connectivity index (χ4n) is 0.512. The van der Waals surface area contributed by atoms with Crippen LogP contribution in [0.25, 0.3) is 0 Å². The third-order valence-electron chi connectivity index (χ3n) is 1.20. The molecule has 0 rings (SSSR count). The molecule has 0 N–H and O–H groups in total. The Balaban J connectivity index is 3.18. The summed E-state index contributed by atoms with van der Waals surface area (Å²) in [6.45, 7) is 5.42. The van der Waals surface area contributed by atoms with Crippen molar-refractivity contribution in [1.82, 2.24) is 0 Å². The Kier molecular flexibility index (Phi) is 6.55. The zero-order chi connectivity index (χ0) is 7.82. The molecule has 0 fully saturated rings. The molecule has 0 aromatic rings. The maximum atomic E-state index is 5.09. The lowest BCUT2D eigenvalue weighted by atomic mass is 10.3. The molecule has 1 atom stereocenters. The molecule has 2 heteroatoms. The normalized spacial score (nSPS) is 14.3. The van der Waals surface area contributed by atoms with Crippen LogP contribution in [0, 0.1) is 0 Å². The topological polar surface area (TPSA) is 18.5 Å². The number of hydrogen-bond acceptors (Lipinski definition) is 2. The highest BCUT2D eigenvalue weighted by Crippen LogP contribution is 1.89. The summed E-state index contributed by atoms with van der Waals surface area (Å²) >= 11 is 0. The molecule has 0 saturated heterocycles. The SMILES string of the molecule is CCOCC=CC(C)OC. The van der Waals surface area contributed by atoms with Crippen LogP contribution < -0.4 is 0 Å². The van der Waals surface area contributed by atoms with Crippen molar-refractivity contribution in [2.24, 2.45) is 0 Å². The summed E-state index contributed by atoms with van der Waals surface area (Å²) in [6.07, 6.45) is 4.15. The van der Waals surface area contributed by atoms with Crippen LogP contribution in [0.4, 0.5) is 0 Å². The fraction of sp³-hybridized carbons (Fsp3) is 0.750. The van der Waals surface area contributed by atoms with Crippen LogP contribution in [-0.2, 0) is 9.47 Å². The van der Waals surface area contributed by atoms with Crippen LogP contribution in [0.5, 0.6) is 0 Å². The van der Waals surface area contributed by atoms with Crippen molar-refractivity contribution in [2.75, 3.05) is 20.3 Å². The lowest BCUT2D eigenvalue weighted by Crippen LogP contribution is -1.99. The molecular formula is C8H16O2. The van der Waals surface area contributed by atoms with Gasteiger partial charge in [-0.25, -0.2) is 0 Å². The van der Waals surface area contributed by atoms with E-state index in [9.17, 15) is 0 Å². The van der Waals surface area contributed by atoms with Crippen LogP contribution in [0.3, 0.4) is 0 Å². The van der Waals surface area contributed by atoms with Gasteiger partial charge in [-0.3, -0.25) is 0 Å². The minimum atomic E-state index is 0.195. The van der Waals surface area contributed by atoms with Crippen molar-refractivity contribution in [3.8, 4) is 0 Å². The Bertz CT molecular complexity index is 89.3. The molecular weight excluding hydrogens is 128 g/mol. The molecule has 0 amide bonds. The number of hydrogen-bond donors (Lipinski definition) is 0. The van der Waals surface area contributed by atoms with E-state index in [-0.39, 0.29) is 6.10 Å². The van der Waals surface area contributed by atoms with Crippen molar-refractivity contribution in [3.05, 3.63) is 12.2 Å². The van der Waals surface area contributed by atoms with E-state index in [4.69, 9.17) is 9.47 Å². The van der Waals surface area contributed by atoms with E-state index >= 15 is 0 Å². The first kappa shape index (κ1) is 9.66. The van der Waals surface area contributed by atoms with Gasteiger partial charge in [0.1, 0.15) is 0 Å². The minimum absolute atomic E-state index is 0.195. The van der Waals surface area contributed by atoms with Gasteiger partial charge in [0.2, 0.25) is 0 Å². The third kappa shape index (κ3) is 5.79.